The average Bonchev–Trinajstić information content (AvgIpc) is 2.88. The third-order valence-electron chi connectivity index (χ3n) is 4.15. The van der Waals surface area contributed by atoms with Crippen molar-refractivity contribution >= 4 is 5.91 Å². The number of hydrogen-bond acceptors (Lipinski definition) is 5. The van der Waals surface area contributed by atoms with E-state index in [-0.39, 0.29) is 12.3 Å². The lowest BCUT2D eigenvalue weighted by atomic mass is 10.1. The Morgan fingerprint density at radius 1 is 1.15 bits per heavy atom. The molecule has 26 heavy (non-hydrogen) atoms. The van der Waals surface area contributed by atoms with Crippen LogP contribution in [-0.4, -0.2) is 30.6 Å². The second-order valence-electron chi connectivity index (χ2n) is 6.33. The van der Waals surface area contributed by atoms with Gasteiger partial charge in [-0.1, -0.05) is 6.07 Å². The summed E-state index contributed by atoms with van der Waals surface area (Å²) in [7, 11) is 0. The zero-order valence-corrected chi connectivity index (χ0v) is 15.4. The van der Waals surface area contributed by atoms with Crippen molar-refractivity contribution in [3.8, 4) is 5.95 Å². The molecule has 0 radical (unpaired) electrons. The monoisotopic (exact) mass is 350 g/mol. The summed E-state index contributed by atoms with van der Waals surface area (Å²) >= 11 is 0. The molecule has 3 aromatic rings. The molecule has 0 unspecified atom stereocenters. The van der Waals surface area contributed by atoms with Crippen molar-refractivity contribution in [1.82, 2.24) is 30.0 Å². The quantitative estimate of drug-likeness (QED) is 0.762. The third-order valence-corrected chi connectivity index (χ3v) is 4.15. The molecule has 134 valence electrons. The number of aryl methyl sites for hydroxylation is 3. The van der Waals surface area contributed by atoms with E-state index in [2.05, 4.69) is 25.4 Å². The lowest BCUT2D eigenvalue weighted by molar-refractivity contribution is -0.120. The Morgan fingerprint density at radius 2 is 1.88 bits per heavy atom. The first-order valence-electron chi connectivity index (χ1n) is 8.47. The largest absolute Gasteiger partial charge is 0.352 e. The first kappa shape index (κ1) is 17.7. The van der Waals surface area contributed by atoms with Gasteiger partial charge in [-0.15, -0.1) is 0 Å². The molecule has 0 bridgehead atoms. The van der Waals surface area contributed by atoms with Crippen molar-refractivity contribution in [2.75, 3.05) is 0 Å². The van der Waals surface area contributed by atoms with Gasteiger partial charge in [0.2, 0.25) is 5.91 Å². The van der Waals surface area contributed by atoms with Crippen molar-refractivity contribution in [2.24, 2.45) is 0 Å². The Balaban J connectivity index is 1.76. The maximum Gasteiger partial charge on any atom is 0.251 e. The molecular formula is C19H22N6O. The lowest BCUT2D eigenvalue weighted by Gasteiger charge is -2.07. The minimum absolute atomic E-state index is 0.0547. The van der Waals surface area contributed by atoms with Crippen molar-refractivity contribution < 1.29 is 4.79 Å². The molecule has 7 nitrogen and oxygen atoms in total. The van der Waals surface area contributed by atoms with E-state index in [4.69, 9.17) is 0 Å². The van der Waals surface area contributed by atoms with E-state index in [1.807, 2.05) is 45.9 Å². The zero-order valence-electron chi connectivity index (χ0n) is 15.4. The summed E-state index contributed by atoms with van der Waals surface area (Å²) in [5.74, 6) is 0.478. The number of carbonyl (C=O) groups excluding carboxylic acids is 1. The van der Waals surface area contributed by atoms with Gasteiger partial charge >= 0.3 is 0 Å². The molecule has 0 spiro atoms. The first-order valence-corrected chi connectivity index (χ1v) is 8.47. The summed E-state index contributed by atoms with van der Waals surface area (Å²) in [5, 5.41) is 7.46. The Morgan fingerprint density at radius 3 is 2.54 bits per heavy atom. The Kier molecular flexibility index (Phi) is 5.06. The fraction of sp³-hybridized carbons (Fsp3) is 0.316. The number of aromatic nitrogens is 5. The second-order valence-corrected chi connectivity index (χ2v) is 6.33. The van der Waals surface area contributed by atoms with Gasteiger partial charge in [0.1, 0.15) is 0 Å². The predicted molar refractivity (Wildman–Crippen MR) is 97.9 cm³/mol. The van der Waals surface area contributed by atoms with Crippen LogP contribution in [0.15, 0.2) is 30.6 Å². The van der Waals surface area contributed by atoms with Crippen molar-refractivity contribution in [3.63, 3.8) is 0 Å². The van der Waals surface area contributed by atoms with Gasteiger partial charge in [0.05, 0.1) is 12.1 Å². The molecule has 0 aliphatic rings. The number of carbonyl (C=O) groups is 1. The smallest absolute Gasteiger partial charge is 0.251 e. The highest BCUT2D eigenvalue weighted by Crippen LogP contribution is 2.17. The molecule has 0 saturated heterocycles. The highest BCUT2D eigenvalue weighted by molar-refractivity contribution is 5.79. The average molecular weight is 350 g/mol. The molecule has 0 aliphatic heterocycles. The summed E-state index contributed by atoms with van der Waals surface area (Å²) in [6.45, 7) is 8.15. The molecule has 3 aromatic heterocycles. The molecule has 0 atom stereocenters. The molecule has 0 saturated carbocycles. The summed E-state index contributed by atoms with van der Waals surface area (Å²) in [6, 6.07) is 5.70. The summed E-state index contributed by atoms with van der Waals surface area (Å²) in [6.07, 6.45) is 3.72. The molecule has 3 rings (SSSR count). The predicted octanol–water partition coefficient (Wildman–Crippen LogP) is 2.15. The molecule has 1 amide bonds. The fourth-order valence-corrected chi connectivity index (χ4v) is 2.85. The number of pyridine rings is 1. The van der Waals surface area contributed by atoms with E-state index in [1.54, 1.807) is 17.1 Å². The Labute approximate surface area is 152 Å². The highest BCUT2D eigenvalue weighted by atomic mass is 16.1. The van der Waals surface area contributed by atoms with Crippen LogP contribution in [0.5, 0.6) is 0 Å². The molecule has 0 fully saturated rings. The van der Waals surface area contributed by atoms with Gasteiger partial charge in [-0.25, -0.2) is 14.6 Å². The van der Waals surface area contributed by atoms with Crippen LogP contribution in [0.4, 0.5) is 0 Å². The molecule has 0 aromatic carbocycles. The minimum Gasteiger partial charge on any atom is -0.352 e. The van der Waals surface area contributed by atoms with Gasteiger partial charge in [-0.2, -0.15) is 5.10 Å². The summed E-state index contributed by atoms with van der Waals surface area (Å²) in [5.41, 5.74) is 5.32. The summed E-state index contributed by atoms with van der Waals surface area (Å²) in [4.78, 5) is 25.3. The van der Waals surface area contributed by atoms with Gasteiger partial charge in [-0.05, 0) is 45.4 Å². The van der Waals surface area contributed by atoms with Crippen LogP contribution >= 0.6 is 0 Å². The number of nitrogens with one attached hydrogen (secondary N) is 1. The van der Waals surface area contributed by atoms with Crippen LogP contribution in [0.2, 0.25) is 0 Å². The second kappa shape index (κ2) is 7.43. The molecule has 0 aliphatic carbocycles. The van der Waals surface area contributed by atoms with Crippen molar-refractivity contribution in [1.29, 1.82) is 0 Å². The van der Waals surface area contributed by atoms with Crippen LogP contribution in [0.3, 0.4) is 0 Å². The number of nitrogens with zero attached hydrogens (tertiary/aromatic N) is 5. The molecule has 3 heterocycles. The number of amides is 1. The number of rotatable bonds is 5. The van der Waals surface area contributed by atoms with Crippen LogP contribution in [0.25, 0.3) is 5.95 Å². The third kappa shape index (κ3) is 3.93. The van der Waals surface area contributed by atoms with Gasteiger partial charge < -0.3 is 5.32 Å². The number of hydrogen-bond donors (Lipinski definition) is 1. The van der Waals surface area contributed by atoms with Crippen LogP contribution in [0.1, 0.15) is 33.9 Å². The topological polar surface area (TPSA) is 85.6 Å². The fourth-order valence-electron chi connectivity index (χ4n) is 2.85. The maximum atomic E-state index is 12.3. The highest BCUT2D eigenvalue weighted by Gasteiger charge is 2.17. The van der Waals surface area contributed by atoms with Crippen molar-refractivity contribution in [3.05, 3.63) is 64.5 Å². The van der Waals surface area contributed by atoms with Gasteiger partial charge in [-0.3, -0.25) is 9.78 Å². The van der Waals surface area contributed by atoms with Gasteiger partial charge in [0.15, 0.2) is 0 Å². The first-order chi connectivity index (χ1) is 12.4. The lowest BCUT2D eigenvalue weighted by Crippen LogP contribution is -2.25. The van der Waals surface area contributed by atoms with E-state index in [0.29, 0.717) is 12.5 Å². The van der Waals surface area contributed by atoms with E-state index < -0.39 is 0 Å². The van der Waals surface area contributed by atoms with E-state index in [1.165, 1.54) is 0 Å². The normalized spacial score (nSPS) is 10.8. The molecule has 7 heteroatoms. The van der Waals surface area contributed by atoms with Crippen LogP contribution in [-0.2, 0) is 17.8 Å². The standard InChI is InChI=1S/C19H22N6O/c1-12-8-13(2)23-19(22-12)25-15(4)17(14(3)24-25)9-18(26)21-11-16-6-5-7-20-10-16/h5-8,10H,9,11H2,1-4H3,(H,21,26). The molecule has 1 N–H and O–H groups in total. The van der Waals surface area contributed by atoms with Crippen molar-refractivity contribution in [2.45, 2.75) is 40.7 Å². The molecular weight excluding hydrogens is 328 g/mol. The SMILES string of the molecule is Cc1cc(C)nc(-n2nc(C)c(CC(=O)NCc3cccnc3)c2C)n1. The Hall–Kier alpha value is -3.09. The van der Waals surface area contributed by atoms with Gasteiger partial charge in [0, 0.05) is 41.6 Å². The van der Waals surface area contributed by atoms with Crippen LogP contribution < -0.4 is 5.32 Å². The minimum atomic E-state index is -0.0547. The maximum absolute atomic E-state index is 12.3. The zero-order chi connectivity index (χ0) is 18.7. The van der Waals surface area contributed by atoms with Gasteiger partial charge in [0.25, 0.3) is 5.95 Å². The van der Waals surface area contributed by atoms with E-state index in [0.717, 1.165) is 33.9 Å². The summed E-state index contributed by atoms with van der Waals surface area (Å²) < 4.78 is 1.71. The van der Waals surface area contributed by atoms with E-state index >= 15 is 0 Å². The van der Waals surface area contributed by atoms with Crippen LogP contribution in [0, 0.1) is 27.7 Å². The Bertz CT molecular complexity index is 912. The van der Waals surface area contributed by atoms with E-state index in [9.17, 15) is 4.79 Å².